The van der Waals surface area contributed by atoms with Gasteiger partial charge in [-0.25, -0.2) is 9.97 Å². The van der Waals surface area contributed by atoms with Gasteiger partial charge < -0.3 is 4.57 Å². The highest BCUT2D eigenvalue weighted by Gasteiger charge is 2.30. The van der Waals surface area contributed by atoms with E-state index in [0.29, 0.717) is 0 Å². The van der Waals surface area contributed by atoms with E-state index in [2.05, 4.69) is 191 Å². The average molecular weight is 767 g/mol. The maximum atomic E-state index is 5.76. The summed E-state index contributed by atoms with van der Waals surface area (Å²) in [6.07, 6.45) is 0. The second-order valence-electron chi connectivity index (χ2n) is 15.7. The molecule has 0 fully saturated rings. The van der Waals surface area contributed by atoms with Crippen LogP contribution < -0.4 is 0 Å². The number of benzene rings is 9. The molecule has 0 spiro atoms. The summed E-state index contributed by atoms with van der Waals surface area (Å²) in [5.74, 6) is 0.819. The Morgan fingerprint density at radius 1 is 0.424 bits per heavy atom. The fourth-order valence-corrected chi connectivity index (χ4v) is 11.2. The van der Waals surface area contributed by atoms with Gasteiger partial charge in [0.25, 0.3) is 0 Å². The van der Waals surface area contributed by atoms with E-state index in [4.69, 9.17) is 9.97 Å². The largest absolute Gasteiger partial charge is 0.308 e. The zero-order chi connectivity index (χ0) is 38.3. The van der Waals surface area contributed by atoms with Crippen LogP contribution >= 0.6 is 11.3 Å². The van der Waals surface area contributed by atoms with E-state index in [1.165, 1.54) is 80.7 Å². The van der Waals surface area contributed by atoms with E-state index in [9.17, 15) is 0 Å². The number of hydrogen-bond acceptors (Lipinski definition) is 3. The van der Waals surface area contributed by atoms with Crippen LogP contribution in [0.4, 0.5) is 0 Å². The standard InChI is InChI=1S/C54H30N4S/c1-2-14-33-31(13-1)25-27-42-52(33)56-54(51(55-42)32-26-28-48-40(29-32)37-18-8-12-24-47(37)59-48)58-45-23-11-7-20-39(45)49-46(58)30-41-36-17-6-10-22-44(36)57-43-21-9-5-16-35(43)34-15-3-4-19-38(34)50(49)53(41)57/h1-30H. The van der Waals surface area contributed by atoms with Crippen LogP contribution in [0.5, 0.6) is 0 Å². The molecule has 0 amide bonds. The predicted octanol–water partition coefficient (Wildman–Crippen LogP) is 14.7. The van der Waals surface area contributed by atoms with Crippen molar-refractivity contribution < 1.29 is 0 Å². The van der Waals surface area contributed by atoms with Gasteiger partial charge in [-0.05, 0) is 65.0 Å². The minimum absolute atomic E-state index is 0.819. The molecule has 0 saturated carbocycles. The first-order valence-electron chi connectivity index (χ1n) is 20.1. The van der Waals surface area contributed by atoms with Crippen LogP contribution in [0, 0.1) is 0 Å². The highest BCUT2D eigenvalue weighted by molar-refractivity contribution is 7.25. The van der Waals surface area contributed by atoms with Gasteiger partial charge in [0.15, 0.2) is 5.82 Å². The number of fused-ring (bicyclic) bond motifs is 18. The van der Waals surface area contributed by atoms with Gasteiger partial charge in [0.2, 0.25) is 0 Å². The Hall–Kier alpha value is -7.60. The molecule has 9 aromatic carbocycles. The Labute approximate surface area is 341 Å². The molecule has 0 N–H and O–H groups in total. The fraction of sp³-hybridized carbons (Fsp3) is 0. The second-order valence-corrected chi connectivity index (χ2v) is 16.8. The normalized spacial score (nSPS) is 12.4. The molecule has 0 unspecified atom stereocenters. The minimum Gasteiger partial charge on any atom is -0.308 e. The number of nitrogens with zero attached hydrogens (tertiary/aromatic N) is 4. The fourth-order valence-electron chi connectivity index (χ4n) is 10.1. The molecule has 272 valence electrons. The van der Waals surface area contributed by atoms with E-state index in [0.717, 1.165) is 49.9 Å². The molecule has 0 atom stereocenters. The van der Waals surface area contributed by atoms with Crippen LogP contribution in [0.3, 0.4) is 0 Å². The summed E-state index contributed by atoms with van der Waals surface area (Å²) in [6.45, 7) is 0. The molecule has 59 heavy (non-hydrogen) atoms. The summed E-state index contributed by atoms with van der Waals surface area (Å²) in [5.41, 5.74) is 14.4. The van der Waals surface area contributed by atoms with Crippen molar-refractivity contribution in [3.8, 4) is 45.0 Å². The van der Waals surface area contributed by atoms with Crippen LogP contribution in [0.2, 0.25) is 0 Å². The van der Waals surface area contributed by atoms with Crippen molar-refractivity contribution in [1.29, 1.82) is 0 Å². The number of para-hydroxylation sites is 3. The first kappa shape index (κ1) is 31.5. The molecule has 5 heterocycles. The van der Waals surface area contributed by atoms with Gasteiger partial charge in [-0.1, -0.05) is 133 Å². The maximum Gasteiger partial charge on any atom is 0.165 e. The van der Waals surface area contributed by atoms with Crippen molar-refractivity contribution in [2.45, 2.75) is 0 Å². The van der Waals surface area contributed by atoms with Gasteiger partial charge in [0, 0.05) is 63.8 Å². The topological polar surface area (TPSA) is 35.6 Å². The lowest BCUT2D eigenvalue weighted by Gasteiger charge is -2.16. The van der Waals surface area contributed by atoms with E-state index < -0.39 is 0 Å². The quantitative estimate of drug-likeness (QED) is 0.164. The van der Waals surface area contributed by atoms with Crippen molar-refractivity contribution in [3.63, 3.8) is 0 Å². The smallest absolute Gasteiger partial charge is 0.165 e. The Kier molecular flexibility index (Phi) is 6.14. The lowest BCUT2D eigenvalue weighted by atomic mass is 9.91. The van der Waals surface area contributed by atoms with Crippen LogP contribution in [-0.4, -0.2) is 19.1 Å². The van der Waals surface area contributed by atoms with Gasteiger partial charge in [0.1, 0.15) is 5.69 Å². The third kappa shape index (κ3) is 4.16. The van der Waals surface area contributed by atoms with Crippen LogP contribution in [0.1, 0.15) is 0 Å². The zero-order valence-electron chi connectivity index (χ0n) is 31.5. The molecular formula is C54H30N4S. The molecule has 0 bridgehead atoms. The van der Waals surface area contributed by atoms with E-state index in [1.807, 2.05) is 11.3 Å². The Balaban J connectivity index is 1.20. The minimum atomic E-state index is 0.819. The van der Waals surface area contributed by atoms with Crippen molar-refractivity contribution >= 4 is 96.9 Å². The Morgan fingerprint density at radius 3 is 1.98 bits per heavy atom. The molecule has 0 aliphatic carbocycles. The molecule has 14 rings (SSSR count). The summed E-state index contributed by atoms with van der Waals surface area (Å²) < 4.78 is 7.47. The highest BCUT2D eigenvalue weighted by atomic mass is 32.1. The number of rotatable bonds is 2. The molecule has 4 aromatic heterocycles. The second kappa shape index (κ2) is 11.5. The zero-order valence-corrected chi connectivity index (χ0v) is 32.3. The first-order valence-corrected chi connectivity index (χ1v) is 20.9. The summed E-state index contributed by atoms with van der Waals surface area (Å²) >= 11 is 1.84. The maximum absolute atomic E-state index is 5.76. The third-order valence-electron chi connectivity index (χ3n) is 12.6. The van der Waals surface area contributed by atoms with Crippen LogP contribution in [0.15, 0.2) is 182 Å². The van der Waals surface area contributed by atoms with Gasteiger partial charge in [-0.2, -0.15) is 0 Å². The molecule has 13 aromatic rings. The molecule has 1 aliphatic heterocycles. The summed E-state index contributed by atoms with van der Waals surface area (Å²) in [6, 6.07) is 66.4. The third-order valence-corrected chi connectivity index (χ3v) is 13.8. The summed E-state index contributed by atoms with van der Waals surface area (Å²) in [4.78, 5) is 11.4. The first-order chi connectivity index (χ1) is 29.3. The van der Waals surface area contributed by atoms with Crippen molar-refractivity contribution in [3.05, 3.63) is 182 Å². The Morgan fingerprint density at radius 2 is 1.10 bits per heavy atom. The van der Waals surface area contributed by atoms with Crippen molar-refractivity contribution in [2.24, 2.45) is 0 Å². The van der Waals surface area contributed by atoms with Gasteiger partial charge >= 0.3 is 0 Å². The van der Waals surface area contributed by atoms with Crippen molar-refractivity contribution in [2.75, 3.05) is 0 Å². The molecule has 1 aliphatic rings. The highest BCUT2D eigenvalue weighted by Crippen LogP contribution is 2.52. The van der Waals surface area contributed by atoms with Crippen molar-refractivity contribution in [1.82, 2.24) is 19.1 Å². The molecule has 5 heteroatoms. The van der Waals surface area contributed by atoms with Gasteiger partial charge in [-0.3, -0.25) is 4.57 Å². The van der Waals surface area contributed by atoms with E-state index >= 15 is 0 Å². The van der Waals surface area contributed by atoms with Gasteiger partial charge in [0.05, 0.1) is 38.8 Å². The lowest BCUT2D eigenvalue weighted by Crippen LogP contribution is -2.04. The molecule has 0 radical (unpaired) electrons. The summed E-state index contributed by atoms with van der Waals surface area (Å²) in [5, 5.41) is 9.57. The molecular weight excluding hydrogens is 737 g/mol. The van der Waals surface area contributed by atoms with Crippen LogP contribution in [-0.2, 0) is 0 Å². The number of aromatic nitrogens is 4. The van der Waals surface area contributed by atoms with Crippen LogP contribution in [0.25, 0.3) is 131 Å². The van der Waals surface area contributed by atoms with E-state index in [-0.39, 0.29) is 0 Å². The predicted molar refractivity (Wildman–Crippen MR) is 248 cm³/mol. The average Bonchev–Trinajstić information content (AvgIpc) is 3.92. The number of thiophene rings is 1. The SMILES string of the molecule is c1ccc2c(c1)-c1ccccc1-n1c3ccccc3c3cc4c(c-2c31)c1ccccc1n4-c1nc2c(ccc3ccccc32)nc1-c1ccc2sc3ccccc3c2c1. The summed E-state index contributed by atoms with van der Waals surface area (Å²) in [7, 11) is 0. The number of hydrogen-bond donors (Lipinski definition) is 0. The molecule has 4 nitrogen and oxygen atoms in total. The van der Waals surface area contributed by atoms with E-state index in [1.54, 1.807) is 0 Å². The monoisotopic (exact) mass is 766 g/mol. The van der Waals surface area contributed by atoms with Gasteiger partial charge in [-0.15, -0.1) is 11.3 Å². The Bertz CT molecular complexity index is 3980. The molecule has 0 saturated heterocycles. The lowest BCUT2D eigenvalue weighted by molar-refractivity contribution is 1.08.